The van der Waals surface area contributed by atoms with Crippen LogP contribution >= 0.6 is 0 Å². The number of aryl methyl sites for hydroxylation is 1. The van der Waals surface area contributed by atoms with Crippen molar-refractivity contribution < 1.29 is 9.53 Å². The van der Waals surface area contributed by atoms with Gasteiger partial charge in [0, 0.05) is 18.1 Å². The SMILES string of the molecule is CCCc1cc(C(=O)OCc2cn3ccccc3n2)n[nH]1. The highest BCUT2D eigenvalue weighted by Gasteiger charge is 2.12. The molecule has 0 atom stereocenters. The summed E-state index contributed by atoms with van der Waals surface area (Å²) in [6, 6.07) is 7.46. The van der Waals surface area contributed by atoms with Crippen LogP contribution in [0.1, 0.15) is 35.2 Å². The maximum Gasteiger partial charge on any atom is 0.359 e. The highest BCUT2D eigenvalue weighted by molar-refractivity contribution is 5.87. The molecular formula is C15H16N4O2. The maximum absolute atomic E-state index is 11.9. The Morgan fingerprint density at radius 1 is 1.43 bits per heavy atom. The fourth-order valence-corrected chi connectivity index (χ4v) is 2.13. The zero-order valence-electron chi connectivity index (χ0n) is 11.7. The van der Waals surface area contributed by atoms with Gasteiger partial charge in [0.25, 0.3) is 0 Å². The van der Waals surface area contributed by atoms with Crippen molar-refractivity contribution in [1.82, 2.24) is 19.6 Å². The average Bonchev–Trinajstić information content (AvgIpc) is 3.11. The van der Waals surface area contributed by atoms with E-state index in [1.807, 2.05) is 35.0 Å². The zero-order valence-corrected chi connectivity index (χ0v) is 11.7. The normalized spacial score (nSPS) is 10.9. The van der Waals surface area contributed by atoms with Gasteiger partial charge in [-0.3, -0.25) is 5.10 Å². The molecule has 6 heteroatoms. The minimum atomic E-state index is -0.439. The van der Waals surface area contributed by atoms with Crippen molar-refractivity contribution in [3.63, 3.8) is 0 Å². The van der Waals surface area contributed by atoms with E-state index in [4.69, 9.17) is 4.74 Å². The van der Waals surface area contributed by atoms with E-state index in [-0.39, 0.29) is 6.61 Å². The van der Waals surface area contributed by atoms with E-state index in [9.17, 15) is 4.79 Å². The molecule has 0 aromatic carbocycles. The van der Waals surface area contributed by atoms with Crippen LogP contribution in [-0.4, -0.2) is 25.6 Å². The van der Waals surface area contributed by atoms with Crippen LogP contribution in [0.4, 0.5) is 0 Å². The lowest BCUT2D eigenvalue weighted by atomic mass is 10.2. The lowest BCUT2D eigenvalue weighted by molar-refractivity contribution is 0.0461. The third-order valence-corrected chi connectivity index (χ3v) is 3.12. The van der Waals surface area contributed by atoms with Gasteiger partial charge in [-0.15, -0.1) is 0 Å². The summed E-state index contributed by atoms with van der Waals surface area (Å²) < 4.78 is 7.12. The predicted octanol–water partition coefficient (Wildman–Crippen LogP) is 2.37. The van der Waals surface area contributed by atoms with Crippen molar-refractivity contribution in [2.45, 2.75) is 26.4 Å². The van der Waals surface area contributed by atoms with E-state index in [0.717, 1.165) is 24.2 Å². The number of esters is 1. The van der Waals surface area contributed by atoms with E-state index in [2.05, 4.69) is 22.1 Å². The van der Waals surface area contributed by atoms with Crippen molar-refractivity contribution in [2.24, 2.45) is 0 Å². The number of H-pyrrole nitrogens is 1. The average molecular weight is 284 g/mol. The van der Waals surface area contributed by atoms with Crippen molar-refractivity contribution in [3.05, 3.63) is 53.7 Å². The van der Waals surface area contributed by atoms with Gasteiger partial charge < -0.3 is 9.14 Å². The molecule has 3 heterocycles. The Morgan fingerprint density at radius 3 is 3.14 bits per heavy atom. The minimum Gasteiger partial charge on any atom is -0.454 e. The summed E-state index contributed by atoms with van der Waals surface area (Å²) in [5, 5.41) is 6.80. The first-order chi connectivity index (χ1) is 10.3. The molecule has 0 aliphatic heterocycles. The van der Waals surface area contributed by atoms with E-state index >= 15 is 0 Å². The van der Waals surface area contributed by atoms with Gasteiger partial charge in [-0.2, -0.15) is 5.10 Å². The Balaban J connectivity index is 1.64. The van der Waals surface area contributed by atoms with Gasteiger partial charge >= 0.3 is 5.97 Å². The number of nitrogens with one attached hydrogen (secondary N) is 1. The Bertz CT molecular complexity index is 727. The number of hydrogen-bond acceptors (Lipinski definition) is 4. The summed E-state index contributed by atoms with van der Waals surface area (Å²) in [5.41, 5.74) is 2.78. The van der Waals surface area contributed by atoms with Crippen LogP contribution < -0.4 is 0 Å². The molecule has 21 heavy (non-hydrogen) atoms. The van der Waals surface area contributed by atoms with Crippen molar-refractivity contribution >= 4 is 11.6 Å². The molecular weight excluding hydrogens is 268 g/mol. The lowest BCUT2D eigenvalue weighted by Crippen LogP contribution is -2.05. The predicted molar refractivity (Wildman–Crippen MR) is 76.9 cm³/mol. The summed E-state index contributed by atoms with van der Waals surface area (Å²) in [4.78, 5) is 16.3. The van der Waals surface area contributed by atoms with E-state index in [1.165, 1.54) is 0 Å². The Hall–Kier alpha value is -2.63. The number of rotatable bonds is 5. The second-order valence-electron chi connectivity index (χ2n) is 4.80. The molecule has 3 aromatic heterocycles. The van der Waals surface area contributed by atoms with Crippen LogP contribution in [0.15, 0.2) is 36.7 Å². The van der Waals surface area contributed by atoms with Crippen LogP contribution in [0.2, 0.25) is 0 Å². The molecule has 3 aromatic rings. The third-order valence-electron chi connectivity index (χ3n) is 3.12. The molecule has 0 spiro atoms. The van der Waals surface area contributed by atoms with Gasteiger partial charge in [0.15, 0.2) is 5.69 Å². The number of pyridine rings is 1. The second-order valence-corrected chi connectivity index (χ2v) is 4.80. The van der Waals surface area contributed by atoms with Crippen LogP contribution in [-0.2, 0) is 17.8 Å². The maximum atomic E-state index is 11.9. The van der Waals surface area contributed by atoms with Crippen LogP contribution in [0.3, 0.4) is 0 Å². The number of ether oxygens (including phenoxy) is 1. The first kappa shape index (κ1) is 13.4. The van der Waals surface area contributed by atoms with Gasteiger partial charge in [-0.05, 0) is 24.6 Å². The molecule has 0 saturated carbocycles. The molecule has 6 nitrogen and oxygen atoms in total. The first-order valence-corrected chi connectivity index (χ1v) is 6.90. The second kappa shape index (κ2) is 5.78. The summed E-state index contributed by atoms with van der Waals surface area (Å²) in [5.74, 6) is -0.439. The molecule has 108 valence electrons. The number of hydrogen-bond donors (Lipinski definition) is 1. The molecule has 1 N–H and O–H groups in total. The highest BCUT2D eigenvalue weighted by atomic mass is 16.5. The Labute approximate surface area is 121 Å². The number of aromatic amines is 1. The molecule has 0 aliphatic carbocycles. The van der Waals surface area contributed by atoms with Crippen molar-refractivity contribution in [2.75, 3.05) is 0 Å². The van der Waals surface area contributed by atoms with Crippen LogP contribution in [0, 0.1) is 0 Å². The van der Waals surface area contributed by atoms with Gasteiger partial charge in [-0.25, -0.2) is 9.78 Å². The van der Waals surface area contributed by atoms with Gasteiger partial charge in [-0.1, -0.05) is 19.4 Å². The number of carbonyl (C=O) groups is 1. The highest BCUT2D eigenvalue weighted by Crippen LogP contribution is 2.08. The Morgan fingerprint density at radius 2 is 2.33 bits per heavy atom. The van der Waals surface area contributed by atoms with Gasteiger partial charge in [0.2, 0.25) is 0 Å². The van der Waals surface area contributed by atoms with Gasteiger partial charge in [0.1, 0.15) is 12.3 Å². The summed E-state index contributed by atoms with van der Waals surface area (Å²) in [6.45, 7) is 2.21. The number of nitrogens with zero attached hydrogens (tertiary/aromatic N) is 3. The fraction of sp³-hybridized carbons (Fsp3) is 0.267. The lowest BCUT2D eigenvalue weighted by Gasteiger charge is -1.98. The van der Waals surface area contributed by atoms with Crippen LogP contribution in [0.5, 0.6) is 0 Å². The molecule has 0 saturated heterocycles. The Kier molecular flexibility index (Phi) is 3.68. The first-order valence-electron chi connectivity index (χ1n) is 6.90. The van der Waals surface area contributed by atoms with E-state index in [1.54, 1.807) is 6.07 Å². The number of carbonyl (C=O) groups excluding carboxylic acids is 1. The van der Waals surface area contributed by atoms with E-state index in [0.29, 0.717) is 11.4 Å². The molecule has 3 rings (SSSR count). The number of fused-ring (bicyclic) bond motifs is 1. The number of aromatic nitrogens is 4. The van der Waals surface area contributed by atoms with Crippen LogP contribution in [0.25, 0.3) is 5.65 Å². The monoisotopic (exact) mass is 284 g/mol. The fourth-order valence-electron chi connectivity index (χ4n) is 2.13. The molecule has 0 bridgehead atoms. The third kappa shape index (κ3) is 2.94. The quantitative estimate of drug-likeness (QED) is 0.730. The summed E-state index contributed by atoms with van der Waals surface area (Å²) in [6.07, 6.45) is 5.61. The van der Waals surface area contributed by atoms with Crippen molar-refractivity contribution in [1.29, 1.82) is 0 Å². The molecule has 0 radical (unpaired) electrons. The summed E-state index contributed by atoms with van der Waals surface area (Å²) >= 11 is 0. The topological polar surface area (TPSA) is 72.3 Å². The zero-order chi connectivity index (χ0) is 14.7. The molecule has 0 aliphatic rings. The van der Waals surface area contributed by atoms with Crippen molar-refractivity contribution in [3.8, 4) is 0 Å². The smallest absolute Gasteiger partial charge is 0.359 e. The minimum absolute atomic E-state index is 0.135. The molecule has 0 unspecified atom stereocenters. The summed E-state index contributed by atoms with van der Waals surface area (Å²) in [7, 11) is 0. The molecule has 0 fully saturated rings. The standard InChI is InChI=1S/C15H16N4O2/c1-2-5-11-8-13(18-17-11)15(20)21-10-12-9-19-7-4-3-6-14(19)16-12/h3-4,6-9H,2,5,10H2,1H3,(H,17,18). The van der Waals surface area contributed by atoms with E-state index < -0.39 is 5.97 Å². The molecule has 0 amide bonds. The van der Waals surface area contributed by atoms with Gasteiger partial charge in [0.05, 0.1) is 5.69 Å². The largest absolute Gasteiger partial charge is 0.454 e. The number of imidazole rings is 1.